The molecule has 0 saturated heterocycles. The highest BCUT2D eigenvalue weighted by atomic mass is 32.2. The van der Waals surface area contributed by atoms with E-state index in [2.05, 4.69) is 20.4 Å². The second-order valence-corrected chi connectivity index (χ2v) is 5.94. The van der Waals surface area contributed by atoms with E-state index in [1.54, 1.807) is 0 Å². The van der Waals surface area contributed by atoms with Crippen molar-refractivity contribution in [2.45, 2.75) is 35.6 Å². The Morgan fingerprint density at radius 2 is 2.19 bits per heavy atom. The first-order valence-corrected chi connectivity index (χ1v) is 7.21. The van der Waals surface area contributed by atoms with Gasteiger partial charge in [-0.25, -0.2) is 9.78 Å². The van der Waals surface area contributed by atoms with Crippen LogP contribution in [0.2, 0.25) is 0 Å². The standard InChI is InChI=1S/C9H8F3N5O2S2/c1-2-3-17-15-7(14-16-17)21-8-13-5(9(10,11)12)4(20-8)6(18)19/h2-3H2,1H3,(H,18,19). The smallest absolute Gasteiger partial charge is 0.435 e. The van der Waals surface area contributed by atoms with E-state index in [4.69, 9.17) is 5.11 Å². The summed E-state index contributed by atoms with van der Waals surface area (Å²) in [7, 11) is 0. The van der Waals surface area contributed by atoms with Crippen LogP contribution in [-0.4, -0.2) is 36.3 Å². The van der Waals surface area contributed by atoms with E-state index in [1.807, 2.05) is 6.92 Å². The molecule has 0 fully saturated rings. The summed E-state index contributed by atoms with van der Waals surface area (Å²) in [6.07, 6.45) is -4.05. The van der Waals surface area contributed by atoms with Gasteiger partial charge in [0.1, 0.15) is 4.88 Å². The van der Waals surface area contributed by atoms with E-state index in [0.717, 1.165) is 18.2 Å². The number of alkyl halides is 3. The van der Waals surface area contributed by atoms with Gasteiger partial charge < -0.3 is 5.11 Å². The van der Waals surface area contributed by atoms with E-state index >= 15 is 0 Å². The molecule has 0 radical (unpaired) electrons. The van der Waals surface area contributed by atoms with Crippen molar-refractivity contribution in [3.8, 4) is 0 Å². The number of aryl methyl sites for hydroxylation is 1. The molecule has 2 aromatic rings. The number of hydrogen-bond donors (Lipinski definition) is 1. The lowest BCUT2D eigenvalue weighted by atomic mass is 10.3. The molecule has 0 aliphatic carbocycles. The van der Waals surface area contributed by atoms with Crippen LogP contribution in [0.4, 0.5) is 13.2 Å². The number of thiazole rings is 1. The summed E-state index contributed by atoms with van der Waals surface area (Å²) < 4.78 is 38.0. The van der Waals surface area contributed by atoms with Gasteiger partial charge in [0.15, 0.2) is 10.0 Å². The summed E-state index contributed by atoms with van der Waals surface area (Å²) in [5, 5.41) is 20.2. The fourth-order valence-corrected chi connectivity index (χ4v) is 3.13. The zero-order chi connectivity index (χ0) is 15.6. The minimum absolute atomic E-state index is 0.101. The minimum Gasteiger partial charge on any atom is -0.477 e. The molecule has 1 N–H and O–H groups in total. The number of aromatic nitrogens is 5. The largest absolute Gasteiger partial charge is 0.477 e. The van der Waals surface area contributed by atoms with Gasteiger partial charge >= 0.3 is 12.1 Å². The molecule has 0 aliphatic rings. The van der Waals surface area contributed by atoms with Crippen molar-refractivity contribution < 1.29 is 23.1 Å². The highest BCUT2D eigenvalue weighted by Gasteiger charge is 2.40. The highest BCUT2D eigenvalue weighted by Crippen LogP contribution is 2.38. The van der Waals surface area contributed by atoms with Crippen LogP contribution in [0.3, 0.4) is 0 Å². The average molecular weight is 339 g/mol. The maximum atomic E-state index is 12.7. The zero-order valence-corrected chi connectivity index (χ0v) is 12.1. The maximum Gasteiger partial charge on any atom is 0.435 e. The lowest BCUT2D eigenvalue weighted by molar-refractivity contribution is -0.141. The van der Waals surface area contributed by atoms with Crippen molar-refractivity contribution in [2.75, 3.05) is 0 Å². The Bertz CT molecular complexity index is 654. The lowest BCUT2D eigenvalue weighted by Crippen LogP contribution is -2.11. The molecule has 0 aromatic carbocycles. The van der Waals surface area contributed by atoms with E-state index in [0.29, 0.717) is 17.9 Å². The van der Waals surface area contributed by atoms with E-state index < -0.39 is 22.7 Å². The SMILES string of the molecule is CCCn1nnc(Sc2nc(C(F)(F)F)c(C(=O)O)s2)n1. The summed E-state index contributed by atoms with van der Waals surface area (Å²) in [5.74, 6) is -1.67. The maximum absolute atomic E-state index is 12.7. The number of tetrazole rings is 1. The fourth-order valence-electron chi connectivity index (χ4n) is 1.32. The van der Waals surface area contributed by atoms with Crippen LogP contribution < -0.4 is 0 Å². The third kappa shape index (κ3) is 3.69. The number of rotatable bonds is 5. The molecular weight excluding hydrogens is 331 g/mol. The molecule has 7 nitrogen and oxygen atoms in total. The molecule has 2 aromatic heterocycles. The Balaban J connectivity index is 2.26. The van der Waals surface area contributed by atoms with Gasteiger partial charge in [-0.15, -0.1) is 10.2 Å². The molecule has 12 heteroatoms. The minimum atomic E-state index is -4.82. The second kappa shape index (κ2) is 5.97. The molecular formula is C9H8F3N5O2S2. The van der Waals surface area contributed by atoms with Crippen LogP contribution in [0, 0.1) is 0 Å². The summed E-state index contributed by atoms with van der Waals surface area (Å²) in [6, 6.07) is 0. The fraction of sp³-hybridized carbons (Fsp3) is 0.444. The van der Waals surface area contributed by atoms with E-state index in [1.165, 1.54) is 4.80 Å². The third-order valence-corrected chi connectivity index (χ3v) is 4.06. The number of hydrogen-bond acceptors (Lipinski definition) is 7. The van der Waals surface area contributed by atoms with Gasteiger partial charge in [0.2, 0.25) is 5.16 Å². The number of nitrogens with zero attached hydrogens (tertiary/aromatic N) is 5. The van der Waals surface area contributed by atoms with Crippen LogP contribution in [0.25, 0.3) is 0 Å². The topological polar surface area (TPSA) is 93.8 Å². The van der Waals surface area contributed by atoms with Gasteiger partial charge in [-0.2, -0.15) is 18.0 Å². The van der Waals surface area contributed by atoms with Crippen LogP contribution in [0.5, 0.6) is 0 Å². The first kappa shape index (κ1) is 15.7. The number of carboxylic acids is 1. The van der Waals surface area contributed by atoms with Crippen molar-refractivity contribution >= 4 is 29.1 Å². The first-order chi connectivity index (χ1) is 9.81. The summed E-state index contributed by atoms with van der Waals surface area (Å²) in [6.45, 7) is 2.44. The molecule has 2 rings (SSSR count). The molecule has 21 heavy (non-hydrogen) atoms. The van der Waals surface area contributed by atoms with Crippen LogP contribution in [0.15, 0.2) is 9.50 Å². The van der Waals surface area contributed by atoms with Crippen LogP contribution >= 0.6 is 23.1 Å². The molecule has 0 unspecified atom stereocenters. The van der Waals surface area contributed by atoms with Gasteiger partial charge in [-0.1, -0.05) is 18.3 Å². The molecule has 0 spiro atoms. The lowest BCUT2D eigenvalue weighted by Gasteiger charge is -2.02. The van der Waals surface area contributed by atoms with Crippen molar-refractivity contribution in [1.82, 2.24) is 25.2 Å². The quantitative estimate of drug-likeness (QED) is 0.894. The monoisotopic (exact) mass is 339 g/mol. The van der Waals surface area contributed by atoms with Crippen molar-refractivity contribution in [1.29, 1.82) is 0 Å². The molecule has 2 heterocycles. The van der Waals surface area contributed by atoms with Gasteiger partial charge in [0.25, 0.3) is 0 Å². The number of carbonyl (C=O) groups is 1. The Hall–Kier alpha value is -1.69. The Labute approximate surface area is 124 Å². The number of halogens is 3. The zero-order valence-electron chi connectivity index (χ0n) is 10.5. The molecule has 114 valence electrons. The molecule has 0 atom stereocenters. The highest BCUT2D eigenvalue weighted by molar-refractivity contribution is 8.00. The summed E-state index contributed by atoms with van der Waals surface area (Å²) >= 11 is 1.17. The summed E-state index contributed by atoms with van der Waals surface area (Å²) in [4.78, 5) is 14.6. The number of carboxylic acid groups (broad SMARTS) is 1. The second-order valence-electron chi connectivity index (χ2n) is 3.73. The van der Waals surface area contributed by atoms with Gasteiger partial charge in [0.05, 0.1) is 6.54 Å². The predicted molar refractivity (Wildman–Crippen MR) is 66.3 cm³/mol. The van der Waals surface area contributed by atoms with Crippen molar-refractivity contribution in [3.63, 3.8) is 0 Å². The number of aromatic carboxylic acids is 1. The average Bonchev–Trinajstić information content (AvgIpc) is 2.96. The molecule has 0 saturated carbocycles. The normalized spacial score (nSPS) is 11.8. The van der Waals surface area contributed by atoms with Gasteiger partial charge in [-0.05, 0) is 23.4 Å². The molecule has 0 bridgehead atoms. The Morgan fingerprint density at radius 1 is 1.48 bits per heavy atom. The molecule has 0 aliphatic heterocycles. The molecule has 0 amide bonds. The van der Waals surface area contributed by atoms with E-state index in [9.17, 15) is 18.0 Å². The third-order valence-electron chi connectivity index (χ3n) is 2.11. The predicted octanol–water partition coefficient (Wildman–Crippen LogP) is 2.41. The van der Waals surface area contributed by atoms with Crippen molar-refractivity contribution in [2.24, 2.45) is 0 Å². The van der Waals surface area contributed by atoms with Crippen LogP contribution in [-0.2, 0) is 12.7 Å². The Kier molecular flexibility index (Phi) is 4.46. The van der Waals surface area contributed by atoms with Crippen molar-refractivity contribution in [3.05, 3.63) is 10.6 Å². The van der Waals surface area contributed by atoms with E-state index in [-0.39, 0.29) is 9.50 Å². The Morgan fingerprint density at radius 3 is 2.71 bits per heavy atom. The first-order valence-electron chi connectivity index (χ1n) is 5.58. The van der Waals surface area contributed by atoms with Gasteiger partial charge in [0, 0.05) is 0 Å². The van der Waals surface area contributed by atoms with Crippen LogP contribution in [0.1, 0.15) is 28.7 Å². The summed E-state index contributed by atoms with van der Waals surface area (Å²) in [5.41, 5.74) is -1.41. The van der Waals surface area contributed by atoms with Gasteiger partial charge in [-0.3, -0.25) is 0 Å².